The van der Waals surface area contributed by atoms with E-state index in [1.807, 2.05) is 38.1 Å². The molecule has 0 aliphatic heterocycles. The molecule has 5 nitrogen and oxygen atoms in total. The number of nitrogens with one attached hydrogen (secondary N) is 1. The molecule has 1 N–H and O–H groups in total. The number of aryl methyl sites for hydroxylation is 2. The molecule has 0 aliphatic carbocycles. The Hall–Kier alpha value is -2.14. The second-order valence-electron chi connectivity index (χ2n) is 5.89. The summed E-state index contributed by atoms with van der Waals surface area (Å²) in [6.45, 7) is 8.37. The smallest absolute Gasteiger partial charge is 0.253 e. The number of para-hydroxylation sites is 1. The summed E-state index contributed by atoms with van der Waals surface area (Å²) in [6, 6.07) is 10.5. The minimum Gasteiger partial charge on any atom is -0.367 e. The van der Waals surface area contributed by atoms with E-state index in [4.69, 9.17) is 4.98 Å². The molecule has 0 bridgehead atoms. The van der Waals surface area contributed by atoms with E-state index < -0.39 is 0 Å². The van der Waals surface area contributed by atoms with Crippen LogP contribution in [0.25, 0.3) is 16.9 Å². The molecular formula is C18H24ClN5. The quantitative estimate of drug-likeness (QED) is 0.742. The maximum atomic E-state index is 4.76. The van der Waals surface area contributed by atoms with Gasteiger partial charge in [-0.25, -0.2) is 9.67 Å². The molecule has 1 aromatic carbocycles. The third kappa shape index (κ3) is 3.51. The lowest BCUT2D eigenvalue weighted by molar-refractivity contribution is 0.667. The van der Waals surface area contributed by atoms with Gasteiger partial charge < -0.3 is 5.32 Å². The molecule has 0 saturated carbocycles. The second kappa shape index (κ2) is 7.62. The summed E-state index contributed by atoms with van der Waals surface area (Å²) >= 11 is 0. The van der Waals surface area contributed by atoms with Crippen LogP contribution in [0, 0.1) is 13.8 Å². The molecule has 128 valence electrons. The number of nitrogens with zero attached hydrogens (tertiary/aromatic N) is 4. The fraction of sp³-hybridized carbons (Fsp3) is 0.389. The van der Waals surface area contributed by atoms with Gasteiger partial charge in [0.2, 0.25) is 0 Å². The summed E-state index contributed by atoms with van der Waals surface area (Å²) < 4.78 is 1.81. The Balaban J connectivity index is 0.00000208. The average Bonchev–Trinajstić information content (AvgIpc) is 2.90. The highest BCUT2D eigenvalue weighted by Gasteiger charge is 2.13. The van der Waals surface area contributed by atoms with E-state index in [0.717, 1.165) is 41.0 Å². The molecule has 6 heteroatoms. The first-order chi connectivity index (χ1) is 11.1. The lowest BCUT2D eigenvalue weighted by Gasteiger charge is -2.17. The number of benzene rings is 1. The van der Waals surface area contributed by atoms with Gasteiger partial charge in [0, 0.05) is 17.1 Å². The second-order valence-corrected chi connectivity index (χ2v) is 5.89. The Morgan fingerprint density at radius 2 is 1.79 bits per heavy atom. The SMILES string of the molecule is CCC(CC)Nc1nc(-n2nc(C)cc2C)nc2ccccc12.Cl. The average molecular weight is 346 g/mol. The molecule has 0 atom stereocenters. The Kier molecular flexibility index (Phi) is 5.78. The highest BCUT2D eigenvalue weighted by Crippen LogP contribution is 2.23. The number of halogens is 1. The number of anilines is 1. The number of hydrogen-bond donors (Lipinski definition) is 1. The van der Waals surface area contributed by atoms with Crippen molar-refractivity contribution in [2.45, 2.75) is 46.6 Å². The van der Waals surface area contributed by atoms with Crippen molar-refractivity contribution in [1.82, 2.24) is 19.7 Å². The topological polar surface area (TPSA) is 55.6 Å². The van der Waals surface area contributed by atoms with E-state index in [1.165, 1.54) is 0 Å². The summed E-state index contributed by atoms with van der Waals surface area (Å²) in [5.74, 6) is 1.50. The van der Waals surface area contributed by atoms with Crippen molar-refractivity contribution < 1.29 is 0 Å². The molecule has 2 heterocycles. The molecule has 2 aromatic heterocycles. The van der Waals surface area contributed by atoms with Crippen molar-refractivity contribution in [3.63, 3.8) is 0 Å². The number of hydrogen-bond acceptors (Lipinski definition) is 4. The van der Waals surface area contributed by atoms with Crippen LogP contribution >= 0.6 is 12.4 Å². The van der Waals surface area contributed by atoms with Gasteiger partial charge in [0.1, 0.15) is 5.82 Å². The molecular weight excluding hydrogens is 322 g/mol. The van der Waals surface area contributed by atoms with Gasteiger partial charge in [0.15, 0.2) is 0 Å². The van der Waals surface area contributed by atoms with Gasteiger partial charge in [-0.05, 0) is 44.9 Å². The molecule has 0 spiro atoms. The van der Waals surface area contributed by atoms with E-state index >= 15 is 0 Å². The van der Waals surface area contributed by atoms with Crippen molar-refractivity contribution in [3.8, 4) is 5.95 Å². The van der Waals surface area contributed by atoms with E-state index in [2.05, 4.69) is 35.3 Å². The number of fused-ring (bicyclic) bond motifs is 1. The van der Waals surface area contributed by atoms with E-state index in [9.17, 15) is 0 Å². The van der Waals surface area contributed by atoms with E-state index in [0.29, 0.717) is 12.0 Å². The minimum absolute atomic E-state index is 0. The Bertz CT molecular complexity index is 823. The maximum absolute atomic E-state index is 4.76. The summed E-state index contributed by atoms with van der Waals surface area (Å²) in [4.78, 5) is 9.45. The largest absolute Gasteiger partial charge is 0.367 e. The van der Waals surface area contributed by atoms with Crippen molar-refractivity contribution >= 4 is 29.1 Å². The summed E-state index contributed by atoms with van der Waals surface area (Å²) in [7, 11) is 0. The normalized spacial score (nSPS) is 10.9. The molecule has 0 saturated heterocycles. The van der Waals surface area contributed by atoms with Crippen LogP contribution in [0.3, 0.4) is 0 Å². The first-order valence-corrected chi connectivity index (χ1v) is 8.19. The van der Waals surface area contributed by atoms with Crippen LogP contribution in [0.2, 0.25) is 0 Å². The first-order valence-electron chi connectivity index (χ1n) is 8.19. The third-order valence-electron chi connectivity index (χ3n) is 4.12. The first kappa shape index (κ1) is 18.2. The predicted octanol–water partition coefficient (Wildman–Crippen LogP) is 4.45. The summed E-state index contributed by atoms with van der Waals surface area (Å²) in [6.07, 6.45) is 2.12. The van der Waals surface area contributed by atoms with Crippen molar-refractivity contribution in [1.29, 1.82) is 0 Å². The highest BCUT2D eigenvalue weighted by atomic mass is 35.5. The zero-order valence-corrected chi connectivity index (χ0v) is 15.4. The number of aromatic nitrogens is 4. The van der Waals surface area contributed by atoms with Crippen LogP contribution in [0.4, 0.5) is 5.82 Å². The Morgan fingerprint density at radius 3 is 2.42 bits per heavy atom. The lowest BCUT2D eigenvalue weighted by Crippen LogP contribution is -2.19. The van der Waals surface area contributed by atoms with Gasteiger partial charge in [-0.2, -0.15) is 10.1 Å². The van der Waals surface area contributed by atoms with Gasteiger partial charge >= 0.3 is 0 Å². The van der Waals surface area contributed by atoms with E-state index in [1.54, 1.807) is 4.68 Å². The number of rotatable bonds is 5. The van der Waals surface area contributed by atoms with Gasteiger partial charge in [-0.3, -0.25) is 0 Å². The summed E-state index contributed by atoms with van der Waals surface area (Å²) in [5, 5.41) is 9.12. The van der Waals surface area contributed by atoms with Gasteiger partial charge in [0.25, 0.3) is 5.95 Å². The van der Waals surface area contributed by atoms with Crippen LogP contribution in [0.1, 0.15) is 38.1 Å². The lowest BCUT2D eigenvalue weighted by atomic mass is 10.1. The molecule has 0 fully saturated rings. The third-order valence-corrected chi connectivity index (χ3v) is 4.12. The van der Waals surface area contributed by atoms with Crippen LogP contribution in [0.15, 0.2) is 30.3 Å². The van der Waals surface area contributed by atoms with Crippen LogP contribution in [0.5, 0.6) is 0 Å². The van der Waals surface area contributed by atoms with Crippen LogP contribution in [-0.4, -0.2) is 25.8 Å². The minimum atomic E-state index is 0. The van der Waals surface area contributed by atoms with Crippen molar-refractivity contribution in [3.05, 3.63) is 41.7 Å². The molecule has 0 amide bonds. The standard InChI is InChI=1S/C18H23N5.ClH/c1-5-14(6-2)19-17-15-9-7-8-10-16(15)20-18(21-17)23-13(4)11-12(3)22-23;/h7-11,14H,5-6H2,1-4H3,(H,19,20,21);1H. The van der Waals surface area contributed by atoms with Gasteiger partial charge in [0.05, 0.1) is 11.2 Å². The molecule has 24 heavy (non-hydrogen) atoms. The highest BCUT2D eigenvalue weighted by molar-refractivity contribution is 5.89. The predicted molar refractivity (Wildman–Crippen MR) is 101 cm³/mol. The zero-order chi connectivity index (χ0) is 16.4. The molecule has 3 aromatic rings. The van der Waals surface area contributed by atoms with Gasteiger partial charge in [-0.15, -0.1) is 12.4 Å². The van der Waals surface area contributed by atoms with Crippen molar-refractivity contribution in [2.75, 3.05) is 5.32 Å². The zero-order valence-electron chi connectivity index (χ0n) is 14.6. The van der Waals surface area contributed by atoms with Gasteiger partial charge in [-0.1, -0.05) is 26.0 Å². The maximum Gasteiger partial charge on any atom is 0.253 e. The van der Waals surface area contributed by atoms with Crippen molar-refractivity contribution in [2.24, 2.45) is 0 Å². The summed E-state index contributed by atoms with van der Waals surface area (Å²) in [5.41, 5.74) is 2.93. The molecule has 0 radical (unpaired) electrons. The Labute approximate surface area is 148 Å². The fourth-order valence-corrected chi connectivity index (χ4v) is 2.79. The van der Waals surface area contributed by atoms with Crippen LogP contribution < -0.4 is 5.32 Å². The Morgan fingerprint density at radius 1 is 1.08 bits per heavy atom. The molecule has 0 aliphatic rings. The van der Waals surface area contributed by atoms with Crippen LogP contribution in [-0.2, 0) is 0 Å². The fourth-order valence-electron chi connectivity index (χ4n) is 2.79. The van der Waals surface area contributed by atoms with E-state index in [-0.39, 0.29) is 12.4 Å². The monoisotopic (exact) mass is 345 g/mol. The molecule has 3 rings (SSSR count). The molecule has 0 unspecified atom stereocenters.